The van der Waals surface area contributed by atoms with E-state index in [1.165, 1.54) is 5.56 Å². The van der Waals surface area contributed by atoms with E-state index in [4.69, 9.17) is 9.47 Å². The predicted octanol–water partition coefficient (Wildman–Crippen LogP) is 8.49. The molecule has 0 amide bonds. The summed E-state index contributed by atoms with van der Waals surface area (Å²) in [5.74, 6) is 1.58. The monoisotopic (exact) mass is 532 g/mol. The number of carbonyl (C=O) groups is 1. The molecule has 0 aromatic heterocycles. The number of nitrogens with one attached hydrogen (secondary N) is 1. The lowest BCUT2D eigenvalue weighted by atomic mass is 9.77. The van der Waals surface area contributed by atoms with E-state index in [0.29, 0.717) is 29.0 Å². The van der Waals surface area contributed by atoms with E-state index >= 15 is 0 Å². The second-order valence-corrected chi connectivity index (χ2v) is 11.7. The third-order valence-electron chi connectivity index (χ3n) is 7.87. The van der Waals surface area contributed by atoms with Crippen LogP contribution < -0.4 is 15.0 Å². The van der Waals surface area contributed by atoms with Gasteiger partial charge in [-0.25, -0.2) is 4.79 Å². The summed E-state index contributed by atoms with van der Waals surface area (Å²) in [4.78, 5) is 15.7. The van der Waals surface area contributed by atoms with Gasteiger partial charge in [0.25, 0.3) is 0 Å². The van der Waals surface area contributed by atoms with Crippen molar-refractivity contribution in [3.63, 3.8) is 0 Å². The average molecular weight is 533 g/mol. The molecule has 0 bridgehead atoms. The topological polar surface area (TPSA) is 50.8 Å². The van der Waals surface area contributed by atoms with Crippen molar-refractivity contribution >= 4 is 23.0 Å². The van der Waals surface area contributed by atoms with Gasteiger partial charge < -0.3 is 19.7 Å². The number of esters is 1. The maximum Gasteiger partial charge on any atom is 0.340 e. The molecule has 0 fully saturated rings. The van der Waals surface area contributed by atoms with E-state index in [-0.39, 0.29) is 5.97 Å². The molecule has 0 aliphatic carbocycles. The fourth-order valence-corrected chi connectivity index (χ4v) is 6.03. The maximum absolute atomic E-state index is 13.3. The first-order valence-electron chi connectivity index (χ1n) is 14.1. The molecule has 2 aliphatic heterocycles. The van der Waals surface area contributed by atoms with Gasteiger partial charge in [0.15, 0.2) is 5.60 Å². The summed E-state index contributed by atoms with van der Waals surface area (Å²) in [6.07, 6.45) is 0. The quantitative estimate of drug-likeness (QED) is 0.252. The summed E-state index contributed by atoms with van der Waals surface area (Å²) in [6, 6.07) is 26.7. The first-order valence-corrected chi connectivity index (χ1v) is 14.1. The third kappa shape index (κ3) is 4.21. The molecule has 2 heterocycles. The lowest BCUT2D eigenvalue weighted by molar-refractivity contribution is 0.0224. The Morgan fingerprint density at radius 1 is 0.825 bits per heavy atom. The van der Waals surface area contributed by atoms with E-state index in [2.05, 4.69) is 94.2 Å². The van der Waals surface area contributed by atoms with Crippen LogP contribution in [-0.4, -0.2) is 18.6 Å². The first kappa shape index (κ1) is 26.0. The van der Waals surface area contributed by atoms with Gasteiger partial charge in [-0.3, -0.25) is 0 Å². The lowest BCUT2D eigenvalue weighted by Gasteiger charge is -2.38. The molecule has 5 heteroatoms. The van der Waals surface area contributed by atoms with Crippen molar-refractivity contribution in [2.75, 3.05) is 16.8 Å². The standard InChI is InChI=1S/C35H36N2O3/c1-21(2)20-37(22(3)4)26-13-14-29-33(19-26)39-32-16-12-25(36-31-15-11-23(5)17-24(31)6)18-30(32)35(29)28-10-8-7-9-27(28)34(38)40-35/h7-19,21-22,36H,20H2,1-6H3. The Morgan fingerprint density at radius 3 is 2.38 bits per heavy atom. The molecule has 1 spiro atoms. The van der Waals surface area contributed by atoms with Crippen molar-refractivity contribution in [2.24, 2.45) is 5.92 Å². The van der Waals surface area contributed by atoms with Gasteiger partial charge in [0.1, 0.15) is 11.5 Å². The molecule has 0 saturated carbocycles. The number of ether oxygens (including phenoxy) is 2. The van der Waals surface area contributed by atoms with Gasteiger partial charge in [-0.1, -0.05) is 49.7 Å². The van der Waals surface area contributed by atoms with Gasteiger partial charge in [-0.05, 0) is 81.6 Å². The molecule has 5 nitrogen and oxygen atoms in total. The predicted molar refractivity (Wildman–Crippen MR) is 161 cm³/mol. The number of anilines is 3. The Bertz CT molecular complexity index is 1620. The van der Waals surface area contributed by atoms with Crippen molar-refractivity contribution in [1.29, 1.82) is 0 Å². The molecule has 40 heavy (non-hydrogen) atoms. The van der Waals surface area contributed by atoms with Gasteiger partial charge in [0.2, 0.25) is 0 Å². The minimum atomic E-state index is -1.10. The van der Waals surface area contributed by atoms with Gasteiger partial charge in [-0.2, -0.15) is 0 Å². The number of rotatable bonds is 6. The van der Waals surface area contributed by atoms with Crippen LogP contribution in [0.2, 0.25) is 0 Å². The van der Waals surface area contributed by atoms with Crippen LogP contribution in [0.5, 0.6) is 11.5 Å². The van der Waals surface area contributed by atoms with Crippen molar-refractivity contribution in [3.8, 4) is 11.5 Å². The average Bonchev–Trinajstić information content (AvgIpc) is 3.21. The number of hydrogen-bond acceptors (Lipinski definition) is 5. The van der Waals surface area contributed by atoms with Crippen LogP contribution >= 0.6 is 0 Å². The summed E-state index contributed by atoms with van der Waals surface area (Å²) in [5.41, 5.74) is 7.36. The Labute approximate surface area is 236 Å². The van der Waals surface area contributed by atoms with E-state index in [0.717, 1.165) is 45.9 Å². The number of carbonyl (C=O) groups excluding carboxylic acids is 1. The van der Waals surface area contributed by atoms with E-state index in [9.17, 15) is 4.79 Å². The van der Waals surface area contributed by atoms with Crippen LogP contribution in [-0.2, 0) is 10.3 Å². The Kier molecular flexibility index (Phi) is 6.33. The molecule has 1 unspecified atom stereocenters. The normalized spacial score (nSPS) is 16.9. The molecular weight excluding hydrogens is 496 g/mol. The largest absolute Gasteiger partial charge is 0.456 e. The van der Waals surface area contributed by atoms with Crippen LogP contribution in [0.3, 0.4) is 0 Å². The zero-order valence-electron chi connectivity index (χ0n) is 24.0. The molecule has 4 aromatic carbocycles. The SMILES string of the molecule is Cc1ccc(Nc2ccc3c(c2)C2(OC(=O)c4ccccc42)c2ccc(N(CC(C)C)C(C)C)cc2O3)c(C)c1. The summed E-state index contributed by atoms with van der Waals surface area (Å²) in [5, 5.41) is 3.57. The van der Waals surface area contributed by atoms with Gasteiger partial charge in [0.05, 0.1) is 5.56 Å². The van der Waals surface area contributed by atoms with E-state index < -0.39 is 5.60 Å². The summed E-state index contributed by atoms with van der Waals surface area (Å²) in [6.45, 7) is 14.0. The highest BCUT2D eigenvalue weighted by Crippen LogP contribution is 2.57. The number of benzene rings is 4. The van der Waals surface area contributed by atoms with Crippen molar-refractivity contribution in [3.05, 3.63) is 112 Å². The number of fused-ring (bicyclic) bond motifs is 6. The highest BCUT2D eigenvalue weighted by Gasteiger charge is 2.53. The van der Waals surface area contributed by atoms with Gasteiger partial charge >= 0.3 is 5.97 Å². The van der Waals surface area contributed by atoms with Crippen LogP contribution in [0.15, 0.2) is 78.9 Å². The van der Waals surface area contributed by atoms with Crippen molar-refractivity contribution in [2.45, 2.75) is 53.2 Å². The smallest absolute Gasteiger partial charge is 0.340 e. The third-order valence-corrected chi connectivity index (χ3v) is 7.87. The number of hydrogen-bond donors (Lipinski definition) is 1. The Balaban J connectivity index is 1.52. The van der Waals surface area contributed by atoms with Crippen molar-refractivity contribution < 1.29 is 14.3 Å². The molecule has 1 atom stereocenters. The minimum Gasteiger partial charge on any atom is -0.456 e. The summed E-state index contributed by atoms with van der Waals surface area (Å²) < 4.78 is 13.0. The first-order chi connectivity index (χ1) is 19.2. The second-order valence-electron chi connectivity index (χ2n) is 11.7. The Hall–Kier alpha value is -4.25. The molecule has 6 rings (SSSR count). The van der Waals surface area contributed by atoms with Crippen LogP contribution in [0.25, 0.3) is 0 Å². The summed E-state index contributed by atoms with van der Waals surface area (Å²) in [7, 11) is 0. The fraction of sp³-hybridized carbons (Fsp3) is 0.286. The maximum atomic E-state index is 13.3. The number of nitrogens with zero attached hydrogens (tertiary/aromatic N) is 1. The van der Waals surface area contributed by atoms with Gasteiger partial charge in [-0.15, -0.1) is 0 Å². The zero-order valence-corrected chi connectivity index (χ0v) is 24.0. The van der Waals surface area contributed by atoms with Gasteiger partial charge in [0, 0.05) is 52.4 Å². The molecule has 204 valence electrons. The van der Waals surface area contributed by atoms with Crippen LogP contribution in [0.4, 0.5) is 17.1 Å². The molecular formula is C35H36N2O3. The minimum absolute atomic E-state index is 0.324. The van der Waals surface area contributed by atoms with E-state index in [1.807, 2.05) is 36.4 Å². The van der Waals surface area contributed by atoms with Crippen LogP contribution in [0.1, 0.15) is 65.9 Å². The van der Waals surface area contributed by atoms with E-state index in [1.54, 1.807) is 0 Å². The molecule has 0 saturated heterocycles. The fourth-order valence-electron chi connectivity index (χ4n) is 6.03. The highest BCUT2D eigenvalue weighted by molar-refractivity contribution is 5.97. The lowest BCUT2D eigenvalue weighted by Crippen LogP contribution is -2.35. The molecule has 2 aliphatic rings. The van der Waals surface area contributed by atoms with Crippen molar-refractivity contribution in [1.82, 2.24) is 0 Å². The second kappa shape index (κ2) is 9.74. The zero-order chi connectivity index (χ0) is 28.2. The van der Waals surface area contributed by atoms with Crippen LogP contribution in [0, 0.1) is 19.8 Å². The summed E-state index contributed by atoms with van der Waals surface area (Å²) >= 11 is 0. The molecule has 1 N–H and O–H groups in total. The number of aryl methyl sites for hydroxylation is 2. The molecule has 0 radical (unpaired) electrons. The molecule has 4 aromatic rings. The highest BCUT2D eigenvalue weighted by atomic mass is 16.6. The Morgan fingerprint density at radius 2 is 1.62 bits per heavy atom.